The Morgan fingerprint density at radius 3 is 2.58 bits per heavy atom. The fraction of sp³-hybridized carbons (Fsp3) is 0.571. The van der Waals surface area contributed by atoms with E-state index in [9.17, 15) is 8.42 Å². The molecule has 0 saturated heterocycles. The smallest absolute Gasteiger partial charge is 0.232 e. The van der Waals surface area contributed by atoms with E-state index in [-0.39, 0.29) is 11.7 Å². The van der Waals surface area contributed by atoms with Crippen molar-refractivity contribution in [3.63, 3.8) is 0 Å². The summed E-state index contributed by atoms with van der Waals surface area (Å²) < 4.78 is 28.1. The lowest BCUT2D eigenvalue weighted by Crippen LogP contribution is -2.20. The number of rotatable bonds is 7. The van der Waals surface area contributed by atoms with Crippen molar-refractivity contribution in [2.45, 2.75) is 33.6 Å². The van der Waals surface area contributed by atoms with Crippen LogP contribution in [0, 0.1) is 19.8 Å². The molecule has 5 heteroatoms. The fourth-order valence-electron chi connectivity index (χ4n) is 1.99. The number of hydrogen-bond acceptors (Lipinski definition) is 3. The minimum Gasteiger partial charge on any atom is -0.493 e. The molecule has 0 aliphatic rings. The van der Waals surface area contributed by atoms with Crippen LogP contribution in [0.1, 0.15) is 30.9 Å². The molecule has 1 aromatic rings. The normalized spacial score (nSPS) is 13.3. The summed E-state index contributed by atoms with van der Waals surface area (Å²) in [6.45, 7) is 6.42. The molecule has 1 rings (SSSR count). The minimum absolute atomic E-state index is 0.0345. The number of hydrogen-bond donors (Lipinski definition) is 0. The van der Waals surface area contributed by atoms with E-state index in [0.717, 1.165) is 29.7 Å². The van der Waals surface area contributed by atoms with E-state index in [1.807, 2.05) is 39.0 Å². The molecule has 0 radical (unpaired) electrons. The molecule has 108 valence electrons. The average Bonchev–Trinajstić information content (AvgIpc) is 2.29. The molecule has 0 spiro atoms. The predicted octanol–water partition coefficient (Wildman–Crippen LogP) is 3.67. The SMILES string of the molecule is CCCC(COc1cccc(C)c1C)CS(=O)(=O)Cl. The summed E-state index contributed by atoms with van der Waals surface area (Å²) in [4.78, 5) is 0. The van der Waals surface area contributed by atoms with Gasteiger partial charge in [-0.05, 0) is 37.5 Å². The van der Waals surface area contributed by atoms with Gasteiger partial charge in [-0.1, -0.05) is 25.5 Å². The molecular weight excluding hydrogens is 284 g/mol. The number of benzene rings is 1. The van der Waals surface area contributed by atoms with Gasteiger partial charge in [0.25, 0.3) is 0 Å². The molecule has 1 unspecified atom stereocenters. The van der Waals surface area contributed by atoms with Crippen molar-refractivity contribution >= 4 is 19.7 Å². The summed E-state index contributed by atoms with van der Waals surface area (Å²) in [5.74, 6) is 0.716. The average molecular weight is 305 g/mol. The Hall–Kier alpha value is -0.740. The van der Waals surface area contributed by atoms with E-state index < -0.39 is 9.05 Å². The molecule has 0 N–H and O–H groups in total. The molecule has 19 heavy (non-hydrogen) atoms. The van der Waals surface area contributed by atoms with Crippen LogP contribution in [0.3, 0.4) is 0 Å². The van der Waals surface area contributed by atoms with Gasteiger partial charge in [-0.15, -0.1) is 0 Å². The first-order valence-corrected chi connectivity index (χ1v) is 8.92. The van der Waals surface area contributed by atoms with Crippen LogP contribution in [0.25, 0.3) is 0 Å². The van der Waals surface area contributed by atoms with Crippen molar-refractivity contribution < 1.29 is 13.2 Å². The van der Waals surface area contributed by atoms with Crippen molar-refractivity contribution in [1.82, 2.24) is 0 Å². The Morgan fingerprint density at radius 2 is 2.00 bits per heavy atom. The first-order valence-electron chi connectivity index (χ1n) is 6.44. The Labute approximate surface area is 120 Å². The van der Waals surface area contributed by atoms with Crippen LogP contribution in [0.4, 0.5) is 0 Å². The Bertz CT molecular complexity index is 511. The predicted molar refractivity (Wildman–Crippen MR) is 79.4 cm³/mol. The lowest BCUT2D eigenvalue weighted by Gasteiger charge is -2.17. The van der Waals surface area contributed by atoms with Gasteiger partial charge in [-0.25, -0.2) is 8.42 Å². The highest BCUT2D eigenvalue weighted by molar-refractivity contribution is 8.13. The summed E-state index contributed by atoms with van der Waals surface area (Å²) in [6, 6.07) is 5.86. The third-order valence-corrected chi connectivity index (χ3v) is 4.41. The maximum atomic E-state index is 11.2. The Balaban J connectivity index is 2.68. The van der Waals surface area contributed by atoms with E-state index >= 15 is 0 Å². The van der Waals surface area contributed by atoms with Crippen LogP contribution in [0.15, 0.2) is 18.2 Å². The topological polar surface area (TPSA) is 43.4 Å². The first-order chi connectivity index (χ1) is 8.83. The number of halogens is 1. The van der Waals surface area contributed by atoms with E-state index in [4.69, 9.17) is 15.4 Å². The summed E-state index contributed by atoms with van der Waals surface area (Å²) in [5, 5.41) is 0. The molecule has 0 saturated carbocycles. The molecule has 0 bridgehead atoms. The summed E-state index contributed by atoms with van der Waals surface area (Å²) in [7, 11) is 1.84. The van der Waals surface area contributed by atoms with Crippen LogP contribution >= 0.6 is 10.7 Å². The second-order valence-corrected chi connectivity index (χ2v) is 7.69. The van der Waals surface area contributed by atoms with Crippen LogP contribution in [-0.4, -0.2) is 20.8 Å². The van der Waals surface area contributed by atoms with E-state index in [1.165, 1.54) is 0 Å². The van der Waals surface area contributed by atoms with Crippen molar-refractivity contribution in [3.8, 4) is 5.75 Å². The summed E-state index contributed by atoms with van der Waals surface area (Å²) in [6.07, 6.45) is 1.70. The highest BCUT2D eigenvalue weighted by Crippen LogP contribution is 2.22. The summed E-state index contributed by atoms with van der Waals surface area (Å²) in [5.41, 5.74) is 2.25. The molecule has 0 aliphatic carbocycles. The van der Waals surface area contributed by atoms with Gasteiger partial charge < -0.3 is 4.74 Å². The first kappa shape index (κ1) is 16.3. The Kier molecular flexibility index (Phi) is 6.14. The quantitative estimate of drug-likeness (QED) is 0.722. The molecule has 0 heterocycles. The van der Waals surface area contributed by atoms with E-state index in [0.29, 0.717) is 6.61 Å². The maximum Gasteiger partial charge on any atom is 0.232 e. The van der Waals surface area contributed by atoms with Gasteiger partial charge in [0.05, 0.1) is 12.4 Å². The van der Waals surface area contributed by atoms with Gasteiger partial charge in [0.1, 0.15) is 5.75 Å². The van der Waals surface area contributed by atoms with Gasteiger partial charge >= 0.3 is 0 Å². The molecule has 0 aliphatic heterocycles. The van der Waals surface area contributed by atoms with Gasteiger partial charge in [0.15, 0.2) is 0 Å². The second kappa shape index (κ2) is 7.15. The van der Waals surface area contributed by atoms with Gasteiger partial charge in [0, 0.05) is 16.6 Å². The standard InChI is InChI=1S/C14H21ClO3S/c1-4-6-13(10-19(15,16)17)9-18-14-8-5-7-11(2)12(14)3/h5,7-8,13H,4,6,9-10H2,1-3H3. The maximum absolute atomic E-state index is 11.2. The molecule has 0 amide bonds. The van der Waals surface area contributed by atoms with Crippen molar-refractivity contribution in [1.29, 1.82) is 0 Å². The van der Waals surface area contributed by atoms with Gasteiger partial charge in [-0.2, -0.15) is 0 Å². The zero-order chi connectivity index (χ0) is 14.5. The van der Waals surface area contributed by atoms with Crippen LogP contribution in [0.5, 0.6) is 5.75 Å². The lowest BCUT2D eigenvalue weighted by atomic mass is 10.1. The van der Waals surface area contributed by atoms with Crippen LogP contribution in [-0.2, 0) is 9.05 Å². The largest absolute Gasteiger partial charge is 0.493 e. The zero-order valence-corrected chi connectivity index (χ0v) is 13.2. The van der Waals surface area contributed by atoms with E-state index in [2.05, 4.69) is 0 Å². The lowest BCUT2D eigenvalue weighted by molar-refractivity contribution is 0.251. The Morgan fingerprint density at radius 1 is 1.32 bits per heavy atom. The highest BCUT2D eigenvalue weighted by atomic mass is 35.7. The third kappa shape index (κ3) is 5.83. The van der Waals surface area contributed by atoms with E-state index in [1.54, 1.807) is 0 Å². The van der Waals surface area contributed by atoms with Crippen LogP contribution < -0.4 is 4.74 Å². The molecule has 0 fully saturated rings. The van der Waals surface area contributed by atoms with Gasteiger partial charge in [-0.3, -0.25) is 0 Å². The molecule has 1 atom stereocenters. The van der Waals surface area contributed by atoms with Crippen LogP contribution in [0.2, 0.25) is 0 Å². The fourth-order valence-corrected chi connectivity index (χ4v) is 3.35. The van der Waals surface area contributed by atoms with Gasteiger partial charge in [0.2, 0.25) is 9.05 Å². The molecular formula is C14H21ClO3S. The van der Waals surface area contributed by atoms with Crippen molar-refractivity contribution in [3.05, 3.63) is 29.3 Å². The summed E-state index contributed by atoms with van der Waals surface area (Å²) >= 11 is 0. The molecule has 1 aromatic carbocycles. The molecule has 0 aromatic heterocycles. The third-order valence-electron chi connectivity index (χ3n) is 3.16. The van der Waals surface area contributed by atoms with Crippen molar-refractivity contribution in [2.75, 3.05) is 12.4 Å². The zero-order valence-electron chi connectivity index (χ0n) is 11.6. The minimum atomic E-state index is -3.48. The number of aryl methyl sites for hydroxylation is 1. The van der Waals surface area contributed by atoms with Crippen molar-refractivity contribution in [2.24, 2.45) is 5.92 Å². The second-order valence-electron chi connectivity index (χ2n) is 4.87. The monoisotopic (exact) mass is 304 g/mol. The highest BCUT2D eigenvalue weighted by Gasteiger charge is 2.17. The number of ether oxygens (including phenoxy) is 1. The molecule has 3 nitrogen and oxygen atoms in total.